The molecular weight excluding hydrogens is 312 g/mol. The molecule has 0 saturated carbocycles. The summed E-state index contributed by atoms with van der Waals surface area (Å²) < 4.78 is 1.67. The van der Waals surface area contributed by atoms with Crippen LogP contribution in [0.3, 0.4) is 0 Å². The molecule has 0 saturated heterocycles. The second-order valence-corrected chi connectivity index (χ2v) is 7.33. The molecule has 1 N–H and O–H groups in total. The van der Waals surface area contributed by atoms with E-state index >= 15 is 0 Å². The zero-order valence-electron chi connectivity index (χ0n) is 13.5. The van der Waals surface area contributed by atoms with E-state index in [4.69, 9.17) is 10.1 Å². The van der Waals surface area contributed by atoms with Gasteiger partial charge in [-0.05, 0) is 31.5 Å². The Labute approximate surface area is 137 Å². The van der Waals surface area contributed by atoms with Gasteiger partial charge in [-0.2, -0.15) is 4.68 Å². The van der Waals surface area contributed by atoms with Gasteiger partial charge in [-0.15, -0.1) is 5.10 Å². The summed E-state index contributed by atoms with van der Waals surface area (Å²) in [7, 11) is 0. The lowest BCUT2D eigenvalue weighted by atomic mass is 9.86. The molecule has 7 heteroatoms. The number of aromatic nitrogens is 4. The number of aromatic carboxylic acids is 1. The van der Waals surface area contributed by atoms with Gasteiger partial charge in [-0.25, -0.2) is 9.78 Å². The third-order valence-corrected chi connectivity index (χ3v) is 5.13. The zero-order chi connectivity index (χ0) is 16.8. The van der Waals surface area contributed by atoms with E-state index in [2.05, 4.69) is 38.0 Å². The smallest absolute Gasteiger partial charge is 0.335 e. The second-order valence-electron chi connectivity index (χ2n) is 6.15. The molecule has 0 radical (unpaired) electrons. The van der Waals surface area contributed by atoms with Crippen molar-refractivity contribution in [1.29, 1.82) is 0 Å². The molecule has 0 aliphatic rings. The van der Waals surface area contributed by atoms with E-state index in [0.29, 0.717) is 5.52 Å². The number of nitrogens with zero attached hydrogens (tertiary/aromatic N) is 4. The van der Waals surface area contributed by atoms with Gasteiger partial charge in [0, 0.05) is 10.3 Å². The highest BCUT2D eigenvalue weighted by Gasteiger charge is 2.25. The summed E-state index contributed by atoms with van der Waals surface area (Å²) in [6.45, 7) is 8.57. The molecule has 1 aromatic carbocycles. The monoisotopic (exact) mass is 330 g/mol. The van der Waals surface area contributed by atoms with Crippen LogP contribution in [0.2, 0.25) is 0 Å². The van der Waals surface area contributed by atoms with Crippen molar-refractivity contribution < 1.29 is 9.90 Å². The Morgan fingerprint density at radius 1 is 1.39 bits per heavy atom. The van der Waals surface area contributed by atoms with Crippen molar-refractivity contribution in [2.75, 3.05) is 0 Å². The summed E-state index contributed by atoms with van der Waals surface area (Å²) in [6, 6.07) is 4.81. The largest absolute Gasteiger partial charge is 0.478 e. The van der Waals surface area contributed by atoms with E-state index in [-0.39, 0.29) is 11.0 Å². The van der Waals surface area contributed by atoms with Crippen molar-refractivity contribution >= 4 is 28.3 Å². The lowest BCUT2D eigenvalue weighted by molar-refractivity contribution is 0.0697. The number of hydrogen-bond donors (Lipinski definition) is 1. The van der Waals surface area contributed by atoms with Gasteiger partial charge in [0.2, 0.25) is 5.13 Å². The van der Waals surface area contributed by atoms with Gasteiger partial charge >= 0.3 is 5.97 Å². The minimum Gasteiger partial charge on any atom is -0.478 e. The van der Waals surface area contributed by atoms with Crippen molar-refractivity contribution in [2.24, 2.45) is 0 Å². The van der Waals surface area contributed by atoms with Crippen molar-refractivity contribution in [1.82, 2.24) is 20.0 Å². The van der Waals surface area contributed by atoms with E-state index in [9.17, 15) is 4.79 Å². The Balaban J connectivity index is 2.11. The average Bonchev–Trinajstić information content (AvgIpc) is 3.09. The van der Waals surface area contributed by atoms with Crippen LogP contribution in [0.25, 0.3) is 16.2 Å². The molecule has 2 aromatic heterocycles. The quantitative estimate of drug-likeness (QED) is 0.791. The molecule has 6 nitrogen and oxygen atoms in total. The summed E-state index contributed by atoms with van der Waals surface area (Å²) in [6.07, 6.45) is 0.997. The first-order valence-electron chi connectivity index (χ1n) is 7.40. The normalized spacial score (nSPS) is 12.0. The summed E-state index contributed by atoms with van der Waals surface area (Å²) in [5.74, 6) is -0.974. The predicted molar refractivity (Wildman–Crippen MR) is 89.6 cm³/mol. The maximum absolute atomic E-state index is 11.0. The number of benzene rings is 1. The van der Waals surface area contributed by atoms with Crippen LogP contribution in [-0.4, -0.2) is 31.1 Å². The highest BCUT2D eigenvalue weighted by atomic mass is 32.1. The highest BCUT2D eigenvalue weighted by molar-refractivity contribution is 7.14. The number of carboxylic acid groups (broad SMARTS) is 1. The molecular formula is C16H18N4O2S. The number of carboxylic acids is 1. The first-order valence-corrected chi connectivity index (χ1v) is 8.22. The maximum atomic E-state index is 11.0. The topological polar surface area (TPSA) is 80.9 Å². The molecule has 0 aliphatic carbocycles. The molecule has 3 aromatic rings. The SMILES string of the molecule is CCC(C)(C)c1nc(-n2nnc3cc(C(=O)O)ccc32)sc1C. The maximum Gasteiger partial charge on any atom is 0.335 e. The van der Waals surface area contributed by atoms with Crippen molar-refractivity contribution in [3.8, 4) is 5.13 Å². The zero-order valence-corrected chi connectivity index (χ0v) is 14.3. The van der Waals surface area contributed by atoms with Crippen molar-refractivity contribution in [2.45, 2.75) is 39.5 Å². The molecule has 0 amide bonds. The van der Waals surface area contributed by atoms with Gasteiger partial charge in [0.25, 0.3) is 0 Å². The van der Waals surface area contributed by atoms with Gasteiger partial charge in [0.05, 0.1) is 16.8 Å². The number of thiazole rings is 1. The number of fused-ring (bicyclic) bond motifs is 1. The number of rotatable bonds is 4. The molecule has 0 spiro atoms. The van der Waals surface area contributed by atoms with Crippen LogP contribution < -0.4 is 0 Å². The minimum atomic E-state index is -0.974. The first kappa shape index (κ1) is 15.6. The van der Waals surface area contributed by atoms with Crippen LogP contribution in [0, 0.1) is 6.92 Å². The highest BCUT2D eigenvalue weighted by Crippen LogP contribution is 2.33. The minimum absolute atomic E-state index is 0.00565. The predicted octanol–water partition coefficient (Wildman–Crippen LogP) is 3.57. The first-order chi connectivity index (χ1) is 10.8. The summed E-state index contributed by atoms with van der Waals surface area (Å²) >= 11 is 1.57. The van der Waals surface area contributed by atoms with Crippen molar-refractivity contribution in [3.63, 3.8) is 0 Å². The second kappa shape index (κ2) is 5.42. The summed E-state index contributed by atoms with van der Waals surface area (Å²) in [4.78, 5) is 17.0. The van der Waals surface area contributed by atoms with Crippen LogP contribution in [-0.2, 0) is 5.41 Å². The number of carbonyl (C=O) groups is 1. The van der Waals surface area contributed by atoms with E-state index in [1.54, 1.807) is 28.2 Å². The Bertz CT molecular complexity index is 895. The molecule has 0 unspecified atom stereocenters. The van der Waals surface area contributed by atoms with Crippen LogP contribution in [0.1, 0.15) is 48.1 Å². The molecule has 0 bridgehead atoms. The molecule has 0 aliphatic heterocycles. The van der Waals surface area contributed by atoms with Gasteiger partial charge < -0.3 is 5.11 Å². The standard InChI is InChI=1S/C16H18N4O2S/c1-5-16(3,4)13-9(2)23-15(17-13)20-12-7-6-10(14(21)22)8-11(12)18-19-20/h6-8H,5H2,1-4H3,(H,21,22). The Kier molecular flexibility index (Phi) is 3.68. The van der Waals surface area contributed by atoms with Crippen LogP contribution in [0.15, 0.2) is 18.2 Å². The van der Waals surface area contributed by atoms with E-state index < -0.39 is 5.97 Å². The Morgan fingerprint density at radius 3 is 2.78 bits per heavy atom. The lowest BCUT2D eigenvalue weighted by Crippen LogP contribution is -2.17. The van der Waals surface area contributed by atoms with Gasteiger partial charge in [-0.1, -0.05) is 37.3 Å². The third kappa shape index (κ3) is 2.61. The van der Waals surface area contributed by atoms with E-state index in [0.717, 1.165) is 27.6 Å². The third-order valence-electron chi connectivity index (χ3n) is 4.18. The number of hydrogen-bond acceptors (Lipinski definition) is 5. The van der Waals surface area contributed by atoms with E-state index in [1.165, 1.54) is 6.07 Å². The van der Waals surface area contributed by atoms with Crippen LogP contribution in [0.4, 0.5) is 0 Å². The number of aryl methyl sites for hydroxylation is 1. The fourth-order valence-electron chi connectivity index (χ4n) is 2.47. The summed E-state index contributed by atoms with van der Waals surface area (Å²) in [5, 5.41) is 18.0. The fourth-order valence-corrected chi connectivity index (χ4v) is 3.52. The molecule has 0 fully saturated rings. The molecule has 2 heterocycles. The molecule has 23 heavy (non-hydrogen) atoms. The average molecular weight is 330 g/mol. The molecule has 120 valence electrons. The lowest BCUT2D eigenvalue weighted by Gasteiger charge is -2.20. The summed E-state index contributed by atoms with van der Waals surface area (Å²) in [5.41, 5.74) is 2.59. The molecule has 3 rings (SSSR count). The molecule has 0 atom stereocenters. The van der Waals surface area contributed by atoms with Crippen LogP contribution >= 0.6 is 11.3 Å². The Morgan fingerprint density at radius 2 is 2.13 bits per heavy atom. The van der Waals surface area contributed by atoms with Gasteiger partial charge in [0.15, 0.2) is 0 Å². The van der Waals surface area contributed by atoms with Crippen molar-refractivity contribution in [3.05, 3.63) is 34.3 Å². The van der Waals surface area contributed by atoms with Gasteiger partial charge in [0.1, 0.15) is 5.52 Å². The fraction of sp³-hybridized carbons (Fsp3) is 0.375. The van der Waals surface area contributed by atoms with Crippen LogP contribution in [0.5, 0.6) is 0 Å². The van der Waals surface area contributed by atoms with Gasteiger partial charge in [-0.3, -0.25) is 0 Å². The van der Waals surface area contributed by atoms with E-state index in [1.807, 2.05) is 0 Å². The Hall–Kier alpha value is -2.28.